The van der Waals surface area contributed by atoms with Gasteiger partial charge in [-0.3, -0.25) is 9.69 Å². The van der Waals surface area contributed by atoms with Gasteiger partial charge in [0, 0.05) is 25.7 Å². The van der Waals surface area contributed by atoms with Crippen LogP contribution >= 0.6 is 11.6 Å². The molecule has 3 heterocycles. The summed E-state index contributed by atoms with van der Waals surface area (Å²) in [6.07, 6.45) is 3.28. The molecule has 0 unspecified atom stereocenters. The lowest BCUT2D eigenvalue weighted by Crippen LogP contribution is -2.44. The van der Waals surface area contributed by atoms with Crippen molar-refractivity contribution in [3.05, 3.63) is 34.4 Å². The molecule has 1 amide bonds. The molecule has 1 aromatic carbocycles. The van der Waals surface area contributed by atoms with Crippen LogP contribution in [0, 0.1) is 17.6 Å². The summed E-state index contributed by atoms with van der Waals surface area (Å²) in [6.45, 7) is 5.49. The van der Waals surface area contributed by atoms with Gasteiger partial charge < -0.3 is 4.90 Å². The number of rotatable bonds is 3. The summed E-state index contributed by atoms with van der Waals surface area (Å²) in [5.41, 5.74) is 0.0499. The first-order chi connectivity index (χ1) is 11.0. The molecular weight excluding hydrogens is 322 g/mol. The first-order valence-corrected chi connectivity index (χ1v) is 8.55. The van der Waals surface area contributed by atoms with E-state index in [0.29, 0.717) is 25.0 Å². The number of carbonyl (C=O) groups is 1. The molecule has 126 valence electrons. The zero-order chi connectivity index (χ0) is 16.6. The monoisotopic (exact) mass is 342 g/mol. The van der Waals surface area contributed by atoms with Gasteiger partial charge in [-0.1, -0.05) is 18.5 Å². The summed E-state index contributed by atoms with van der Waals surface area (Å²) >= 11 is 5.96. The minimum absolute atomic E-state index is 0.0316. The third-order valence-electron chi connectivity index (χ3n) is 4.87. The van der Waals surface area contributed by atoms with Crippen molar-refractivity contribution in [1.29, 1.82) is 0 Å². The molecule has 1 aromatic rings. The fourth-order valence-corrected chi connectivity index (χ4v) is 3.99. The molecule has 3 aliphatic rings. The second-order valence-corrected chi connectivity index (χ2v) is 6.96. The van der Waals surface area contributed by atoms with Gasteiger partial charge >= 0.3 is 0 Å². The van der Waals surface area contributed by atoms with Crippen molar-refractivity contribution in [2.24, 2.45) is 5.92 Å². The van der Waals surface area contributed by atoms with Crippen LogP contribution in [0.4, 0.5) is 8.78 Å². The lowest BCUT2D eigenvalue weighted by Gasteiger charge is -2.35. The van der Waals surface area contributed by atoms with Crippen LogP contribution in [-0.4, -0.2) is 47.9 Å². The fourth-order valence-electron chi connectivity index (χ4n) is 3.76. The summed E-state index contributed by atoms with van der Waals surface area (Å²) in [6, 6.07) is 2.14. The zero-order valence-electron chi connectivity index (χ0n) is 13.2. The van der Waals surface area contributed by atoms with Crippen molar-refractivity contribution in [1.82, 2.24) is 9.80 Å². The Morgan fingerprint density at radius 3 is 2.70 bits per heavy atom. The number of nitrogens with zero attached hydrogens (tertiary/aromatic N) is 2. The van der Waals surface area contributed by atoms with Gasteiger partial charge in [0.1, 0.15) is 0 Å². The molecule has 0 radical (unpaired) electrons. The third kappa shape index (κ3) is 3.36. The molecule has 0 spiro atoms. The topological polar surface area (TPSA) is 23.6 Å². The van der Waals surface area contributed by atoms with E-state index in [1.807, 2.05) is 0 Å². The minimum atomic E-state index is -1.04. The van der Waals surface area contributed by atoms with Gasteiger partial charge in [0.25, 0.3) is 5.91 Å². The van der Waals surface area contributed by atoms with Crippen molar-refractivity contribution in [2.45, 2.75) is 32.2 Å². The number of hydrogen-bond acceptors (Lipinski definition) is 2. The molecular formula is C17H21ClF2N2O. The number of benzene rings is 1. The van der Waals surface area contributed by atoms with Gasteiger partial charge in [-0.2, -0.15) is 0 Å². The number of carbonyl (C=O) groups excluding carboxylic acids is 1. The highest BCUT2D eigenvalue weighted by Gasteiger charge is 2.36. The number of hydrogen-bond donors (Lipinski definition) is 0. The maximum atomic E-state index is 13.5. The van der Waals surface area contributed by atoms with E-state index in [4.69, 9.17) is 11.6 Å². The maximum absolute atomic E-state index is 13.5. The average molecular weight is 343 g/mol. The molecule has 4 rings (SSSR count). The summed E-state index contributed by atoms with van der Waals surface area (Å²) in [5, 5.41) is -0.0316. The van der Waals surface area contributed by atoms with Crippen molar-refractivity contribution < 1.29 is 13.6 Å². The van der Waals surface area contributed by atoms with Crippen LogP contribution in [0.5, 0.6) is 0 Å². The lowest BCUT2D eigenvalue weighted by molar-refractivity contribution is 0.0737. The van der Waals surface area contributed by atoms with E-state index < -0.39 is 11.6 Å². The maximum Gasteiger partial charge on any atom is 0.255 e. The van der Waals surface area contributed by atoms with Crippen LogP contribution in [0.3, 0.4) is 0 Å². The molecule has 0 N–H and O–H groups in total. The fraction of sp³-hybridized carbons (Fsp3) is 0.588. The zero-order valence-corrected chi connectivity index (χ0v) is 14.0. The van der Waals surface area contributed by atoms with E-state index in [1.54, 1.807) is 4.90 Å². The Hall–Kier alpha value is -1.20. The third-order valence-corrected chi connectivity index (χ3v) is 5.18. The lowest BCUT2D eigenvalue weighted by atomic mass is 9.95. The first kappa shape index (κ1) is 16.7. The van der Waals surface area contributed by atoms with E-state index >= 15 is 0 Å². The Labute approximate surface area is 140 Å². The number of halogens is 3. The SMILES string of the molecule is CCCN1C[C@H]2CC[C@@H]1CN(C(=O)c1cc(F)c(F)cc1Cl)C2. The summed E-state index contributed by atoms with van der Waals surface area (Å²) in [7, 11) is 0. The van der Waals surface area contributed by atoms with Gasteiger partial charge in [0.2, 0.25) is 0 Å². The summed E-state index contributed by atoms with van der Waals surface area (Å²) in [5.74, 6) is -1.93. The Morgan fingerprint density at radius 2 is 1.96 bits per heavy atom. The highest BCUT2D eigenvalue weighted by atomic mass is 35.5. The molecule has 0 saturated carbocycles. The predicted molar refractivity (Wildman–Crippen MR) is 85.6 cm³/mol. The van der Waals surface area contributed by atoms with E-state index in [2.05, 4.69) is 11.8 Å². The second kappa shape index (κ2) is 6.73. The Bertz CT molecular complexity index is 611. The Kier molecular flexibility index (Phi) is 4.87. The van der Waals surface area contributed by atoms with E-state index in [0.717, 1.165) is 44.5 Å². The van der Waals surface area contributed by atoms with Gasteiger partial charge in [0.05, 0.1) is 10.6 Å². The molecule has 3 aliphatic heterocycles. The normalized spacial score (nSPS) is 24.8. The minimum Gasteiger partial charge on any atom is -0.337 e. The van der Waals surface area contributed by atoms with Crippen molar-refractivity contribution in [3.63, 3.8) is 0 Å². The molecule has 3 fully saturated rings. The molecule has 23 heavy (non-hydrogen) atoms. The Balaban J connectivity index is 1.82. The molecule has 2 atom stereocenters. The van der Waals surface area contributed by atoms with Gasteiger partial charge in [-0.25, -0.2) is 8.78 Å². The number of amides is 1. The standard InChI is InChI=1S/C17H21ClF2N2O/c1-2-5-21-8-11-3-4-12(21)10-22(9-11)17(23)13-6-15(19)16(20)7-14(13)18/h6-7,11-12H,2-5,8-10H2,1H3/t11-,12-/m1/s1. The van der Waals surface area contributed by atoms with Crippen molar-refractivity contribution in [2.75, 3.05) is 26.2 Å². The summed E-state index contributed by atoms with van der Waals surface area (Å²) < 4.78 is 26.7. The van der Waals surface area contributed by atoms with Crippen LogP contribution in [0.15, 0.2) is 12.1 Å². The van der Waals surface area contributed by atoms with Crippen LogP contribution in [0.2, 0.25) is 5.02 Å². The van der Waals surface area contributed by atoms with Crippen LogP contribution in [-0.2, 0) is 0 Å². The van der Waals surface area contributed by atoms with Crippen molar-refractivity contribution >= 4 is 17.5 Å². The van der Waals surface area contributed by atoms with E-state index in [9.17, 15) is 13.6 Å². The quantitative estimate of drug-likeness (QED) is 0.784. The van der Waals surface area contributed by atoms with Gasteiger partial charge in [0.15, 0.2) is 11.6 Å². The number of piperidine rings is 1. The highest BCUT2D eigenvalue weighted by Crippen LogP contribution is 2.30. The molecule has 0 aromatic heterocycles. The molecule has 2 bridgehead atoms. The van der Waals surface area contributed by atoms with Gasteiger partial charge in [-0.05, 0) is 43.9 Å². The first-order valence-electron chi connectivity index (χ1n) is 8.17. The smallest absolute Gasteiger partial charge is 0.255 e. The predicted octanol–water partition coefficient (Wildman–Crippen LogP) is 3.56. The van der Waals surface area contributed by atoms with Crippen LogP contribution in [0.25, 0.3) is 0 Å². The molecule has 3 saturated heterocycles. The van der Waals surface area contributed by atoms with Gasteiger partial charge in [-0.15, -0.1) is 0 Å². The Morgan fingerprint density at radius 1 is 1.22 bits per heavy atom. The summed E-state index contributed by atoms with van der Waals surface area (Å²) in [4.78, 5) is 17.0. The largest absolute Gasteiger partial charge is 0.337 e. The number of fused-ring (bicyclic) bond motifs is 4. The highest BCUT2D eigenvalue weighted by molar-refractivity contribution is 6.33. The molecule has 0 aliphatic carbocycles. The van der Waals surface area contributed by atoms with E-state index in [-0.39, 0.29) is 16.5 Å². The average Bonchev–Trinajstić information content (AvgIpc) is 2.82. The molecule has 3 nitrogen and oxygen atoms in total. The van der Waals surface area contributed by atoms with Crippen LogP contribution in [0.1, 0.15) is 36.5 Å². The van der Waals surface area contributed by atoms with Crippen molar-refractivity contribution in [3.8, 4) is 0 Å². The second-order valence-electron chi connectivity index (χ2n) is 6.55. The van der Waals surface area contributed by atoms with Crippen LogP contribution < -0.4 is 0 Å². The van der Waals surface area contributed by atoms with E-state index in [1.165, 1.54) is 0 Å². The molecule has 6 heteroatoms.